The van der Waals surface area contributed by atoms with Crippen LogP contribution in [0.5, 0.6) is 0 Å². The van der Waals surface area contributed by atoms with E-state index in [1.54, 1.807) is 23.6 Å². The molecule has 0 aliphatic heterocycles. The molecule has 2 heterocycles. The molecular formula is C17H21N3O2S2. The molecule has 2 aromatic rings. The number of anilines is 1. The summed E-state index contributed by atoms with van der Waals surface area (Å²) in [6.45, 7) is 0. The molecule has 1 N–H and O–H groups in total. The van der Waals surface area contributed by atoms with Crippen LogP contribution in [0.3, 0.4) is 0 Å². The molecule has 0 unspecified atom stereocenters. The molecule has 4 aliphatic rings. The first-order valence-corrected chi connectivity index (χ1v) is 11.0. The molecule has 4 aliphatic carbocycles. The molecule has 5 nitrogen and oxygen atoms in total. The van der Waals surface area contributed by atoms with E-state index in [1.165, 1.54) is 49.9 Å². The minimum absolute atomic E-state index is 0.126. The third-order valence-electron chi connectivity index (χ3n) is 6.08. The third-order valence-corrected chi connectivity index (χ3v) is 8.83. The largest absolute Gasteiger partial charge is 0.272 e. The molecule has 4 bridgehead atoms. The molecule has 0 atom stereocenters. The summed E-state index contributed by atoms with van der Waals surface area (Å²) < 4.78 is 29.8. The Morgan fingerprint density at radius 2 is 1.79 bits per heavy atom. The molecule has 0 radical (unpaired) electrons. The molecule has 7 heteroatoms. The van der Waals surface area contributed by atoms with Gasteiger partial charge in [0.15, 0.2) is 5.82 Å². The Bertz CT molecular complexity index is 819. The second-order valence-electron chi connectivity index (χ2n) is 7.83. The van der Waals surface area contributed by atoms with Crippen molar-refractivity contribution in [2.24, 2.45) is 17.8 Å². The Labute approximate surface area is 146 Å². The first kappa shape index (κ1) is 15.0. The molecule has 4 saturated carbocycles. The van der Waals surface area contributed by atoms with Crippen molar-refractivity contribution in [1.82, 2.24) is 9.78 Å². The molecule has 6 rings (SSSR count). The third kappa shape index (κ3) is 2.32. The van der Waals surface area contributed by atoms with Gasteiger partial charge in [0, 0.05) is 12.3 Å². The van der Waals surface area contributed by atoms with E-state index in [1.807, 2.05) is 6.20 Å². The number of nitrogens with one attached hydrogen (secondary N) is 1. The van der Waals surface area contributed by atoms with E-state index in [0.717, 1.165) is 17.8 Å². The van der Waals surface area contributed by atoms with Crippen LogP contribution in [0, 0.1) is 17.8 Å². The molecule has 0 saturated heterocycles. The van der Waals surface area contributed by atoms with E-state index in [-0.39, 0.29) is 5.54 Å². The molecule has 128 valence electrons. The SMILES string of the molecule is O=S(=O)(Nc1ccn(C23CC4CC(CC(C4)C2)C3)n1)c1cccs1. The summed E-state index contributed by atoms with van der Waals surface area (Å²) in [7, 11) is -3.52. The van der Waals surface area contributed by atoms with Crippen LogP contribution >= 0.6 is 11.3 Å². The van der Waals surface area contributed by atoms with Crippen LogP contribution in [0.15, 0.2) is 34.0 Å². The number of thiophene rings is 1. The van der Waals surface area contributed by atoms with Gasteiger partial charge in [0.05, 0.1) is 5.54 Å². The Morgan fingerprint density at radius 3 is 2.38 bits per heavy atom. The van der Waals surface area contributed by atoms with Crippen molar-refractivity contribution >= 4 is 27.2 Å². The van der Waals surface area contributed by atoms with Crippen molar-refractivity contribution in [3.63, 3.8) is 0 Å². The van der Waals surface area contributed by atoms with E-state index >= 15 is 0 Å². The zero-order valence-electron chi connectivity index (χ0n) is 13.4. The lowest BCUT2D eigenvalue weighted by Crippen LogP contribution is -2.52. The minimum Gasteiger partial charge on any atom is -0.264 e. The number of rotatable bonds is 4. The van der Waals surface area contributed by atoms with E-state index in [0.29, 0.717) is 10.0 Å². The molecule has 0 spiro atoms. The maximum Gasteiger partial charge on any atom is 0.272 e. The normalized spacial score (nSPS) is 34.6. The van der Waals surface area contributed by atoms with Gasteiger partial charge in [0.2, 0.25) is 0 Å². The highest BCUT2D eigenvalue weighted by Crippen LogP contribution is 2.58. The smallest absolute Gasteiger partial charge is 0.264 e. The summed E-state index contributed by atoms with van der Waals surface area (Å²) in [4.78, 5) is 0. The maximum absolute atomic E-state index is 12.4. The van der Waals surface area contributed by atoms with Crippen LogP contribution in [0.1, 0.15) is 38.5 Å². The zero-order chi connectivity index (χ0) is 16.4. The minimum atomic E-state index is -3.52. The van der Waals surface area contributed by atoms with Crippen LogP contribution in [0.4, 0.5) is 5.82 Å². The van der Waals surface area contributed by atoms with Crippen molar-refractivity contribution < 1.29 is 8.42 Å². The first-order chi connectivity index (χ1) is 11.5. The number of nitrogens with zero attached hydrogens (tertiary/aromatic N) is 2. The molecule has 2 aromatic heterocycles. The van der Waals surface area contributed by atoms with Crippen LogP contribution in [0.25, 0.3) is 0 Å². The fraction of sp³-hybridized carbons (Fsp3) is 0.588. The average Bonchev–Trinajstić information content (AvgIpc) is 3.16. The summed E-state index contributed by atoms with van der Waals surface area (Å²) in [6.07, 6.45) is 9.75. The van der Waals surface area contributed by atoms with Gasteiger partial charge in [-0.1, -0.05) is 6.07 Å². The number of sulfonamides is 1. The number of aromatic nitrogens is 2. The zero-order valence-corrected chi connectivity index (χ0v) is 15.0. The van der Waals surface area contributed by atoms with Gasteiger partial charge in [-0.25, -0.2) is 8.42 Å². The van der Waals surface area contributed by atoms with Gasteiger partial charge < -0.3 is 0 Å². The van der Waals surface area contributed by atoms with Gasteiger partial charge in [-0.05, 0) is 67.7 Å². The highest BCUT2D eigenvalue weighted by Gasteiger charge is 2.52. The predicted octanol–water partition coefficient (Wildman–Crippen LogP) is 3.67. The summed E-state index contributed by atoms with van der Waals surface area (Å²) in [5.41, 5.74) is 0.126. The molecule has 4 fully saturated rings. The van der Waals surface area contributed by atoms with E-state index in [2.05, 4.69) is 14.5 Å². The van der Waals surface area contributed by atoms with Gasteiger partial charge >= 0.3 is 0 Å². The summed E-state index contributed by atoms with van der Waals surface area (Å²) >= 11 is 1.22. The maximum atomic E-state index is 12.4. The highest BCUT2D eigenvalue weighted by molar-refractivity contribution is 7.94. The molecule has 0 aromatic carbocycles. The standard InChI is InChI=1S/C17H21N3O2S2/c21-24(22,16-2-1-5-23-16)19-15-3-4-20(18-15)17-9-12-6-13(10-17)8-14(7-12)11-17/h1-5,12-14H,6-11H2,(H,18,19). The number of hydrogen-bond donors (Lipinski definition) is 1. The average molecular weight is 364 g/mol. The second-order valence-corrected chi connectivity index (χ2v) is 10.7. The van der Waals surface area contributed by atoms with Gasteiger partial charge in [0.25, 0.3) is 10.0 Å². The Kier molecular flexibility index (Phi) is 3.17. The van der Waals surface area contributed by atoms with Crippen LogP contribution in [-0.2, 0) is 15.6 Å². The van der Waals surface area contributed by atoms with Crippen molar-refractivity contribution in [3.05, 3.63) is 29.8 Å². The topological polar surface area (TPSA) is 64.0 Å². The van der Waals surface area contributed by atoms with E-state index < -0.39 is 10.0 Å². The Hall–Kier alpha value is -1.34. The van der Waals surface area contributed by atoms with Crippen molar-refractivity contribution in [1.29, 1.82) is 0 Å². The second kappa shape index (κ2) is 5.08. The predicted molar refractivity (Wildman–Crippen MR) is 93.5 cm³/mol. The Balaban J connectivity index is 1.42. The number of hydrogen-bond acceptors (Lipinski definition) is 4. The molecule has 0 amide bonds. The van der Waals surface area contributed by atoms with Crippen molar-refractivity contribution in [2.75, 3.05) is 4.72 Å². The van der Waals surface area contributed by atoms with Crippen molar-refractivity contribution in [2.45, 2.75) is 48.3 Å². The molecule has 24 heavy (non-hydrogen) atoms. The monoisotopic (exact) mass is 363 g/mol. The van der Waals surface area contributed by atoms with E-state index in [4.69, 9.17) is 0 Å². The van der Waals surface area contributed by atoms with Crippen LogP contribution < -0.4 is 4.72 Å². The fourth-order valence-corrected chi connectivity index (χ4v) is 7.58. The van der Waals surface area contributed by atoms with Crippen molar-refractivity contribution in [3.8, 4) is 0 Å². The first-order valence-electron chi connectivity index (χ1n) is 8.65. The lowest BCUT2D eigenvalue weighted by atomic mass is 9.53. The highest BCUT2D eigenvalue weighted by atomic mass is 32.2. The molecular weight excluding hydrogens is 342 g/mol. The Morgan fingerprint density at radius 1 is 1.12 bits per heavy atom. The summed E-state index contributed by atoms with van der Waals surface area (Å²) in [5, 5.41) is 6.39. The van der Waals surface area contributed by atoms with Crippen LogP contribution in [0.2, 0.25) is 0 Å². The lowest BCUT2D eigenvalue weighted by molar-refractivity contribution is -0.0492. The van der Waals surface area contributed by atoms with E-state index in [9.17, 15) is 8.42 Å². The van der Waals surface area contributed by atoms with Gasteiger partial charge in [-0.3, -0.25) is 9.40 Å². The quantitative estimate of drug-likeness (QED) is 0.901. The summed E-state index contributed by atoms with van der Waals surface area (Å²) in [5.74, 6) is 2.95. The lowest BCUT2D eigenvalue weighted by Gasteiger charge is -2.56. The van der Waals surface area contributed by atoms with Gasteiger partial charge in [0.1, 0.15) is 4.21 Å². The van der Waals surface area contributed by atoms with Crippen LogP contribution in [-0.4, -0.2) is 18.2 Å². The summed E-state index contributed by atoms with van der Waals surface area (Å²) in [6, 6.07) is 5.15. The fourth-order valence-electron chi connectivity index (χ4n) is 5.59. The van der Waals surface area contributed by atoms with Gasteiger partial charge in [-0.15, -0.1) is 11.3 Å². The van der Waals surface area contributed by atoms with Gasteiger partial charge in [-0.2, -0.15) is 5.10 Å².